The van der Waals surface area contributed by atoms with Crippen LogP contribution in [0.1, 0.15) is 0 Å². The van der Waals surface area contributed by atoms with E-state index >= 15 is 0 Å². The Labute approximate surface area is 106 Å². The maximum atomic E-state index is 11.4. The van der Waals surface area contributed by atoms with Gasteiger partial charge in [-0.15, -0.1) is 12.4 Å². The van der Waals surface area contributed by atoms with Crippen molar-refractivity contribution < 1.29 is 4.79 Å². The predicted molar refractivity (Wildman–Crippen MR) is 67.1 cm³/mol. The number of piperazine rings is 1. The minimum atomic E-state index is 0. The predicted octanol–water partition coefficient (Wildman–Crippen LogP) is -0.494. The van der Waals surface area contributed by atoms with E-state index in [0.29, 0.717) is 13.1 Å². The van der Waals surface area contributed by atoms with Gasteiger partial charge in [-0.2, -0.15) is 0 Å². The highest BCUT2D eigenvalue weighted by Crippen LogP contribution is 2.09. The Morgan fingerprint density at radius 1 is 1.24 bits per heavy atom. The van der Waals surface area contributed by atoms with E-state index in [0.717, 1.165) is 19.0 Å². The van der Waals surface area contributed by atoms with E-state index in [9.17, 15) is 4.79 Å². The highest BCUT2D eigenvalue weighted by molar-refractivity contribution is 5.85. The Balaban J connectivity index is 0.00000144. The van der Waals surface area contributed by atoms with Crippen LogP contribution in [0.15, 0.2) is 18.5 Å². The quantitative estimate of drug-likeness (QED) is 0.774. The topological polar surface area (TPSA) is 75.4 Å². The summed E-state index contributed by atoms with van der Waals surface area (Å²) in [6.07, 6.45) is 3.44. The molecule has 1 saturated heterocycles. The second kappa shape index (κ2) is 6.36. The summed E-state index contributed by atoms with van der Waals surface area (Å²) >= 11 is 0. The zero-order valence-electron chi connectivity index (χ0n) is 9.45. The molecule has 0 bridgehead atoms. The Hall–Kier alpha value is -1.40. The summed E-state index contributed by atoms with van der Waals surface area (Å²) < 4.78 is 0. The molecule has 0 atom stereocenters. The molecule has 2 heterocycles. The number of anilines is 1. The molecule has 1 amide bonds. The van der Waals surface area contributed by atoms with Crippen molar-refractivity contribution in [2.24, 2.45) is 5.73 Å². The fourth-order valence-corrected chi connectivity index (χ4v) is 1.74. The van der Waals surface area contributed by atoms with E-state index in [1.165, 1.54) is 0 Å². The van der Waals surface area contributed by atoms with Crippen molar-refractivity contribution in [3.63, 3.8) is 0 Å². The van der Waals surface area contributed by atoms with Crippen LogP contribution in [0.3, 0.4) is 0 Å². The second-order valence-electron chi connectivity index (χ2n) is 3.62. The van der Waals surface area contributed by atoms with Crippen LogP contribution >= 0.6 is 12.4 Å². The van der Waals surface area contributed by atoms with E-state index in [-0.39, 0.29) is 24.9 Å². The lowest BCUT2D eigenvalue weighted by Gasteiger charge is -2.34. The molecule has 17 heavy (non-hydrogen) atoms. The number of amides is 1. The molecule has 0 aromatic carbocycles. The van der Waals surface area contributed by atoms with Crippen molar-refractivity contribution >= 4 is 24.3 Å². The molecule has 1 aliphatic rings. The third kappa shape index (κ3) is 3.28. The molecule has 6 nitrogen and oxygen atoms in total. The SMILES string of the molecule is Cl.NCC(=O)N1CCN(c2ncccn2)CC1. The van der Waals surface area contributed by atoms with Gasteiger partial charge in [0.05, 0.1) is 6.54 Å². The Bertz CT molecular complexity index is 353. The number of hydrogen-bond acceptors (Lipinski definition) is 5. The van der Waals surface area contributed by atoms with Crippen molar-refractivity contribution in [3.05, 3.63) is 18.5 Å². The first-order chi connectivity index (χ1) is 7.81. The Morgan fingerprint density at radius 2 is 1.82 bits per heavy atom. The first kappa shape index (κ1) is 13.7. The average Bonchev–Trinajstić information content (AvgIpc) is 2.39. The Kier molecular flexibility index (Phi) is 5.11. The number of rotatable bonds is 2. The lowest BCUT2D eigenvalue weighted by Crippen LogP contribution is -2.50. The van der Waals surface area contributed by atoms with Crippen LogP contribution in [0, 0.1) is 0 Å². The monoisotopic (exact) mass is 257 g/mol. The summed E-state index contributed by atoms with van der Waals surface area (Å²) in [4.78, 5) is 23.6. The summed E-state index contributed by atoms with van der Waals surface area (Å²) in [5, 5.41) is 0. The number of nitrogens with two attached hydrogens (primary N) is 1. The number of halogens is 1. The smallest absolute Gasteiger partial charge is 0.236 e. The molecule has 0 spiro atoms. The van der Waals surface area contributed by atoms with Gasteiger partial charge in [-0.25, -0.2) is 9.97 Å². The number of carbonyl (C=O) groups is 1. The van der Waals surface area contributed by atoms with Gasteiger partial charge in [0.15, 0.2) is 0 Å². The van der Waals surface area contributed by atoms with Gasteiger partial charge >= 0.3 is 0 Å². The molecule has 2 rings (SSSR count). The zero-order chi connectivity index (χ0) is 11.4. The zero-order valence-corrected chi connectivity index (χ0v) is 10.3. The molecule has 94 valence electrons. The number of nitrogens with zero attached hydrogens (tertiary/aromatic N) is 4. The first-order valence-electron chi connectivity index (χ1n) is 5.31. The van der Waals surface area contributed by atoms with Gasteiger partial charge in [0.1, 0.15) is 0 Å². The van der Waals surface area contributed by atoms with Gasteiger partial charge in [-0.1, -0.05) is 0 Å². The van der Waals surface area contributed by atoms with Gasteiger partial charge in [-0.3, -0.25) is 4.79 Å². The second-order valence-corrected chi connectivity index (χ2v) is 3.62. The fourth-order valence-electron chi connectivity index (χ4n) is 1.74. The summed E-state index contributed by atoms with van der Waals surface area (Å²) in [6.45, 7) is 2.98. The molecule has 1 aromatic heterocycles. The third-order valence-corrected chi connectivity index (χ3v) is 2.64. The number of aromatic nitrogens is 2. The van der Waals surface area contributed by atoms with E-state index in [1.54, 1.807) is 23.4 Å². The number of carbonyl (C=O) groups excluding carboxylic acids is 1. The molecular weight excluding hydrogens is 242 g/mol. The largest absolute Gasteiger partial charge is 0.338 e. The molecular formula is C10H16ClN5O. The molecule has 0 saturated carbocycles. The van der Waals surface area contributed by atoms with Gasteiger partial charge < -0.3 is 15.5 Å². The maximum Gasteiger partial charge on any atom is 0.236 e. The van der Waals surface area contributed by atoms with Crippen molar-refractivity contribution in [3.8, 4) is 0 Å². The van der Waals surface area contributed by atoms with Crippen molar-refractivity contribution in [2.75, 3.05) is 37.6 Å². The van der Waals surface area contributed by atoms with Crippen LogP contribution in [-0.2, 0) is 4.79 Å². The minimum absolute atomic E-state index is 0. The van der Waals surface area contributed by atoms with Crippen LogP contribution in [0.25, 0.3) is 0 Å². The third-order valence-electron chi connectivity index (χ3n) is 2.64. The molecule has 1 aliphatic heterocycles. The lowest BCUT2D eigenvalue weighted by atomic mass is 10.3. The molecule has 1 aromatic rings. The summed E-state index contributed by atoms with van der Waals surface area (Å²) in [7, 11) is 0. The van der Waals surface area contributed by atoms with E-state index in [1.807, 2.05) is 0 Å². The van der Waals surface area contributed by atoms with Crippen molar-refractivity contribution in [1.29, 1.82) is 0 Å². The standard InChI is InChI=1S/C10H15N5O.ClH/c11-8-9(16)14-4-6-15(7-5-14)10-12-2-1-3-13-10;/h1-3H,4-8,11H2;1H. The summed E-state index contributed by atoms with van der Waals surface area (Å²) in [5.41, 5.74) is 5.32. The molecule has 0 unspecified atom stereocenters. The van der Waals surface area contributed by atoms with E-state index < -0.39 is 0 Å². The number of hydrogen-bond donors (Lipinski definition) is 1. The van der Waals surface area contributed by atoms with Crippen LogP contribution in [0.2, 0.25) is 0 Å². The van der Waals surface area contributed by atoms with Crippen molar-refractivity contribution in [2.45, 2.75) is 0 Å². The van der Waals surface area contributed by atoms with Gasteiger partial charge in [0.2, 0.25) is 11.9 Å². The highest BCUT2D eigenvalue weighted by Gasteiger charge is 2.21. The highest BCUT2D eigenvalue weighted by atomic mass is 35.5. The van der Waals surface area contributed by atoms with Gasteiger partial charge in [0, 0.05) is 38.6 Å². The van der Waals surface area contributed by atoms with Crippen LogP contribution in [0.4, 0.5) is 5.95 Å². The molecule has 7 heteroatoms. The van der Waals surface area contributed by atoms with Crippen LogP contribution in [-0.4, -0.2) is 53.5 Å². The summed E-state index contributed by atoms with van der Waals surface area (Å²) in [5.74, 6) is 0.732. The Morgan fingerprint density at radius 3 is 2.35 bits per heavy atom. The van der Waals surface area contributed by atoms with Crippen LogP contribution < -0.4 is 10.6 Å². The minimum Gasteiger partial charge on any atom is -0.338 e. The molecule has 2 N–H and O–H groups in total. The molecule has 0 aliphatic carbocycles. The first-order valence-corrected chi connectivity index (χ1v) is 5.31. The molecule has 0 radical (unpaired) electrons. The summed E-state index contributed by atoms with van der Waals surface area (Å²) in [6, 6.07) is 1.79. The van der Waals surface area contributed by atoms with Crippen LogP contribution in [0.5, 0.6) is 0 Å². The fraction of sp³-hybridized carbons (Fsp3) is 0.500. The van der Waals surface area contributed by atoms with E-state index in [4.69, 9.17) is 5.73 Å². The average molecular weight is 258 g/mol. The van der Waals surface area contributed by atoms with Gasteiger partial charge in [-0.05, 0) is 6.07 Å². The molecule has 1 fully saturated rings. The van der Waals surface area contributed by atoms with E-state index in [2.05, 4.69) is 14.9 Å². The van der Waals surface area contributed by atoms with Gasteiger partial charge in [0.25, 0.3) is 0 Å². The normalized spacial score (nSPS) is 15.4. The van der Waals surface area contributed by atoms with Crippen molar-refractivity contribution in [1.82, 2.24) is 14.9 Å². The maximum absolute atomic E-state index is 11.4. The lowest BCUT2D eigenvalue weighted by molar-refractivity contribution is -0.129.